The normalized spacial score (nSPS) is 11.3. The van der Waals surface area contributed by atoms with Crippen LogP contribution < -0.4 is 4.90 Å². The van der Waals surface area contributed by atoms with Gasteiger partial charge in [-0.25, -0.2) is 18.0 Å². The van der Waals surface area contributed by atoms with Crippen molar-refractivity contribution in [2.24, 2.45) is 0 Å². The maximum atomic E-state index is 14.0. The molecule has 49 heavy (non-hydrogen) atoms. The van der Waals surface area contributed by atoms with Crippen molar-refractivity contribution in [1.29, 1.82) is 0 Å². The number of esters is 1. The first kappa shape index (κ1) is 34.6. The van der Waals surface area contributed by atoms with Crippen molar-refractivity contribution in [2.45, 2.75) is 18.4 Å². The lowest BCUT2D eigenvalue weighted by molar-refractivity contribution is -0.118. The van der Waals surface area contributed by atoms with E-state index in [-0.39, 0.29) is 22.7 Å². The van der Waals surface area contributed by atoms with E-state index in [9.17, 15) is 33.0 Å². The van der Waals surface area contributed by atoms with Crippen LogP contribution in [0.4, 0.5) is 5.69 Å². The van der Waals surface area contributed by atoms with Gasteiger partial charge in [0.1, 0.15) is 11.3 Å². The van der Waals surface area contributed by atoms with Gasteiger partial charge in [-0.2, -0.15) is 4.31 Å². The first-order valence-electron chi connectivity index (χ1n) is 15.2. The third-order valence-electron chi connectivity index (χ3n) is 8.04. The lowest BCUT2D eigenvalue weighted by Crippen LogP contribution is -2.41. The molecule has 0 fully saturated rings. The maximum Gasteiger partial charge on any atom is 0.339 e. The first-order chi connectivity index (χ1) is 23.4. The zero-order valence-corrected chi connectivity index (χ0v) is 27.8. The van der Waals surface area contributed by atoms with Crippen molar-refractivity contribution in [3.05, 3.63) is 138 Å². The number of carbonyl (C=O) groups excluding carboxylic acids is 2. The Labute approximate surface area is 284 Å². The van der Waals surface area contributed by atoms with Crippen molar-refractivity contribution in [3.63, 3.8) is 0 Å². The molecule has 11 heteroatoms. The maximum absolute atomic E-state index is 14.0. The van der Waals surface area contributed by atoms with Gasteiger partial charge in [-0.3, -0.25) is 4.79 Å². The topological polar surface area (TPSA) is 142 Å². The van der Waals surface area contributed by atoms with Gasteiger partial charge in [0, 0.05) is 18.8 Å². The predicted molar refractivity (Wildman–Crippen MR) is 186 cm³/mol. The summed E-state index contributed by atoms with van der Waals surface area (Å²) in [5.41, 5.74) is 5.22. The number of carboxylic acid groups (broad SMARTS) is 1. The number of phenols is 1. The highest BCUT2D eigenvalue weighted by atomic mass is 32.2. The molecule has 0 radical (unpaired) electrons. The molecule has 0 aliphatic rings. The first-order valence-corrected chi connectivity index (χ1v) is 16.6. The summed E-state index contributed by atoms with van der Waals surface area (Å²) in [5, 5.41) is 20.0. The Kier molecular flexibility index (Phi) is 10.3. The van der Waals surface area contributed by atoms with Gasteiger partial charge in [-0.1, -0.05) is 72.3 Å². The Hall–Kier alpha value is -5.78. The van der Waals surface area contributed by atoms with E-state index in [1.807, 2.05) is 67.6 Å². The molecule has 1 amide bonds. The molecule has 0 spiro atoms. The van der Waals surface area contributed by atoms with Crippen LogP contribution >= 0.6 is 0 Å². The minimum atomic E-state index is -4.02. The molecule has 250 valence electrons. The van der Waals surface area contributed by atoms with Gasteiger partial charge < -0.3 is 19.8 Å². The van der Waals surface area contributed by atoms with Crippen LogP contribution in [0, 0.1) is 6.92 Å². The van der Waals surface area contributed by atoms with E-state index >= 15 is 0 Å². The Bertz CT molecular complexity index is 2110. The molecule has 0 bridgehead atoms. The second kappa shape index (κ2) is 14.5. The number of likely N-dealkylation sites (N-methyl/N-ethyl adjacent to an activating group) is 1. The molecule has 0 heterocycles. The Balaban J connectivity index is 1.54. The average molecular weight is 679 g/mol. The molecular weight excluding hydrogens is 644 g/mol. The van der Waals surface area contributed by atoms with Crippen LogP contribution in [0.15, 0.2) is 120 Å². The number of rotatable bonds is 11. The average Bonchev–Trinajstić information content (AvgIpc) is 3.10. The molecule has 0 aromatic heterocycles. The number of aromatic hydroxyl groups is 1. The summed E-state index contributed by atoms with van der Waals surface area (Å²) >= 11 is 0. The molecule has 5 aromatic carbocycles. The zero-order chi connectivity index (χ0) is 35.3. The Morgan fingerprint density at radius 1 is 0.776 bits per heavy atom. The monoisotopic (exact) mass is 678 g/mol. The van der Waals surface area contributed by atoms with Gasteiger partial charge in [-0.15, -0.1) is 0 Å². The number of aromatic carboxylic acids is 1. The molecule has 0 atom stereocenters. The molecular formula is C38H34N2O8S. The van der Waals surface area contributed by atoms with E-state index in [1.165, 1.54) is 49.4 Å². The smallest absolute Gasteiger partial charge is 0.339 e. The number of ether oxygens (including phenoxy) is 1. The predicted octanol–water partition coefficient (Wildman–Crippen LogP) is 6.37. The van der Waals surface area contributed by atoms with E-state index in [0.29, 0.717) is 11.1 Å². The number of methoxy groups -OCH3 is 1. The summed E-state index contributed by atoms with van der Waals surface area (Å²) < 4.78 is 32.5. The number of aryl methyl sites for hydroxylation is 1. The number of nitrogens with zero attached hydrogens (tertiary/aromatic N) is 2. The number of amides is 1. The lowest BCUT2D eigenvalue weighted by Gasteiger charge is -2.26. The minimum absolute atomic E-state index is 0.0334. The largest absolute Gasteiger partial charge is 0.507 e. The highest BCUT2D eigenvalue weighted by molar-refractivity contribution is 7.89. The van der Waals surface area contributed by atoms with E-state index in [0.717, 1.165) is 32.1 Å². The molecule has 0 saturated heterocycles. The molecule has 5 aromatic rings. The SMILES string of the molecule is COC(=O)c1ccc(-c2ccc(CN(C(=O)CN(C)S(=O)(=O)c3ccc(C)cc3)c3ccc(C(=O)O)c(O)c3)cc2-c2ccccc2)cc1. The van der Waals surface area contributed by atoms with Gasteiger partial charge in [0.2, 0.25) is 15.9 Å². The van der Waals surface area contributed by atoms with Gasteiger partial charge in [-0.05, 0) is 77.2 Å². The number of hydrogen-bond acceptors (Lipinski definition) is 7. The number of benzene rings is 5. The Morgan fingerprint density at radius 2 is 1.43 bits per heavy atom. The van der Waals surface area contributed by atoms with E-state index in [1.54, 1.807) is 24.3 Å². The third kappa shape index (κ3) is 7.69. The second-order valence-electron chi connectivity index (χ2n) is 11.4. The van der Waals surface area contributed by atoms with E-state index < -0.39 is 40.2 Å². The third-order valence-corrected chi connectivity index (χ3v) is 9.86. The molecule has 5 rings (SSSR count). The van der Waals surface area contributed by atoms with Crippen molar-refractivity contribution >= 4 is 33.6 Å². The second-order valence-corrected chi connectivity index (χ2v) is 13.4. The van der Waals surface area contributed by atoms with Crippen LogP contribution in [0.2, 0.25) is 0 Å². The van der Waals surface area contributed by atoms with Crippen LogP contribution in [0.25, 0.3) is 22.3 Å². The van der Waals surface area contributed by atoms with Gasteiger partial charge >= 0.3 is 11.9 Å². The van der Waals surface area contributed by atoms with Crippen molar-refractivity contribution in [2.75, 3.05) is 25.6 Å². The number of sulfonamides is 1. The van der Waals surface area contributed by atoms with Gasteiger partial charge in [0.05, 0.1) is 30.7 Å². The zero-order valence-electron chi connectivity index (χ0n) is 27.0. The fourth-order valence-electron chi connectivity index (χ4n) is 5.33. The van der Waals surface area contributed by atoms with Crippen LogP contribution in [0.1, 0.15) is 31.8 Å². The summed E-state index contributed by atoms with van der Waals surface area (Å²) in [6, 6.07) is 32.3. The highest BCUT2D eigenvalue weighted by Gasteiger charge is 2.27. The summed E-state index contributed by atoms with van der Waals surface area (Å²) in [5.74, 6) is -2.94. The summed E-state index contributed by atoms with van der Waals surface area (Å²) in [6.07, 6.45) is 0. The molecule has 0 aliphatic carbocycles. The lowest BCUT2D eigenvalue weighted by atomic mass is 9.92. The summed E-state index contributed by atoms with van der Waals surface area (Å²) in [6.45, 7) is 1.27. The number of anilines is 1. The Morgan fingerprint density at radius 3 is 2.04 bits per heavy atom. The quantitative estimate of drug-likeness (QED) is 0.154. The van der Waals surface area contributed by atoms with Gasteiger partial charge in [0.15, 0.2) is 0 Å². The summed E-state index contributed by atoms with van der Waals surface area (Å²) in [4.78, 5) is 38.9. The number of carboxylic acids is 1. The van der Waals surface area contributed by atoms with Crippen LogP contribution in [0.3, 0.4) is 0 Å². The van der Waals surface area contributed by atoms with Crippen molar-refractivity contribution < 1.29 is 37.8 Å². The summed E-state index contributed by atoms with van der Waals surface area (Å²) in [7, 11) is -1.40. The van der Waals surface area contributed by atoms with Crippen molar-refractivity contribution in [1.82, 2.24) is 4.31 Å². The molecule has 0 saturated carbocycles. The molecule has 2 N–H and O–H groups in total. The van der Waals surface area contributed by atoms with Crippen LogP contribution in [0.5, 0.6) is 5.75 Å². The van der Waals surface area contributed by atoms with E-state index in [2.05, 4.69) is 0 Å². The van der Waals surface area contributed by atoms with Crippen LogP contribution in [-0.4, -0.2) is 61.5 Å². The fraction of sp³-hybridized carbons (Fsp3) is 0.132. The van der Waals surface area contributed by atoms with E-state index in [4.69, 9.17) is 4.74 Å². The molecule has 0 aliphatic heterocycles. The highest BCUT2D eigenvalue weighted by Crippen LogP contribution is 2.35. The van der Waals surface area contributed by atoms with Gasteiger partial charge in [0.25, 0.3) is 0 Å². The molecule has 0 unspecified atom stereocenters. The molecule has 10 nitrogen and oxygen atoms in total. The van der Waals surface area contributed by atoms with Crippen molar-refractivity contribution in [3.8, 4) is 28.0 Å². The minimum Gasteiger partial charge on any atom is -0.507 e. The standard InChI is InChI=1S/C38H34N2O8S/c1-25-9-17-31(18-10-25)49(46,47)39(2)24-36(42)40(30-16-20-33(37(43)44)35(41)22-30)23-26-11-19-32(34(21-26)27-7-5-4-6-8-27)28-12-14-29(15-13-28)38(45)48-3/h4-22,41H,23-24H2,1-3H3,(H,43,44). The fourth-order valence-corrected chi connectivity index (χ4v) is 6.45. The van der Waals surface area contributed by atoms with Crippen LogP contribution in [-0.2, 0) is 26.1 Å². The number of hydrogen-bond donors (Lipinski definition) is 2. The number of carbonyl (C=O) groups is 3.